The van der Waals surface area contributed by atoms with Crippen LogP contribution in [0, 0.1) is 11.8 Å². The summed E-state index contributed by atoms with van der Waals surface area (Å²) in [5.41, 5.74) is 7.77. The molecule has 2 atom stereocenters. The van der Waals surface area contributed by atoms with Crippen molar-refractivity contribution in [3.05, 3.63) is 35.9 Å². The Labute approximate surface area is 110 Å². The SMILES string of the molecule is NC(CC1CC1)C1CCN(Cc2ccccc2)C1. The van der Waals surface area contributed by atoms with Gasteiger partial charge in [0, 0.05) is 19.1 Å². The minimum absolute atomic E-state index is 0.443. The molecule has 2 aliphatic rings. The number of benzene rings is 1. The fourth-order valence-corrected chi connectivity index (χ4v) is 3.13. The van der Waals surface area contributed by atoms with Gasteiger partial charge in [0.1, 0.15) is 0 Å². The molecular weight excluding hydrogens is 220 g/mol. The highest BCUT2D eigenvalue weighted by Crippen LogP contribution is 2.35. The zero-order chi connectivity index (χ0) is 12.4. The van der Waals surface area contributed by atoms with Gasteiger partial charge in [0.15, 0.2) is 0 Å². The maximum Gasteiger partial charge on any atom is 0.0233 e. The minimum atomic E-state index is 0.443. The van der Waals surface area contributed by atoms with Crippen molar-refractivity contribution in [2.45, 2.75) is 38.3 Å². The van der Waals surface area contributed by atoms with Crippen LogP contribution in [0.15, 0.2) is 30.3 Å². The molecule has 3 rings (SSSR count). The lowest BCUT2D eigenvalue weighted by Gasteiger charge is -2.20. The van der Waals surface area contributed by atoms with Gasteiger partial charge in [0.2, 0.25) is 0 Å². The van der Waals surface area contributed by atoms with Gasteiger partial charge < -0.3 is 5.73 Å². The summed E-state index contributed by atoms with van der Waals surface area (Å²) in [4.78, 5) is 2.56. The molecule has 2 N–H and O–H groups in total. The second-order valence-electron chi connectivity index (χ2n) is 6.11. The molecule has 1 saturated heterocycles. The summed E-state index contributed by atoms with van der Waals surface area (Å²) in [6, 6.07) is 11.2. The first kappa shape index (κ1) is 12.2. The van der Waals surface area contributed by atoms with Gasteiger partial charge in [0.05, 0.1) is 0 Å². The van der Waals surface area contributed by atoms with Crippen molar-refractivity contribution in [1.29, 1.82) is 0 Å². The first-order valence-corrected chi connectivity index (χ1v) is 7.33. The molecule has 0 amide bonds. The van der Waals surface area contributed by atoms with Crippen molar-refractivity contribution in [3.8, 4) is 0 Å². The monoisotopic (exact) mass is 244 g/mol. The van der Waals surface area contributed by atoms with Crippen molar-refractivity contribution in [1.82, 2.24) is 4.90 Å². The van der Waals surface area contributed by atoms with Crippen molar-refractivity contribution in [2.75, 3.05) is 13.1 Å². The number of nitrogens with zero attached hydrogens (tertiary/aromatic N) is 1. The first-order chi connectivity index (χ1) is 8.81. The number of likely N-dealkylation sites (tertiary alicyclic amines) is 1. The van der Waals surface area contributed by atoms with Gasteiger partial charge in [-0.15, -0.1) is 0 Å². The van der Waals surface area contributed by atoms with Crippen LogP contribution in [0.2, 0.25) is 0 Å². The summed E-state index contributed by atoms with van der Waals surface area (Å²) in [6.45, 7) is 3.51. The van der Waals surface area contributed by atoms with E-state index in [0.717, 1.165) is 18.4 Å². The van der Waals surface area contributed by atoms with Gasteiger partial charge in [-0.2, -0.15) is 0 Å². The van der Waals surface area contributed by atoms with E-state index in [1.165, 1.54) is 44.3 Å². The molecule has 18 heavy (non-hydrogen) atoms. The quantitative estimate of drug-likeness (QED) is 0.862. The third kappa shape index (κ3) is 3.12. The lowest BCUT2D eigenvalue weighted by atomic mass is 9.95. The maximum absolute atomic E-state index is 6.35. The molecule has 2 unspecified atom stereocenters. The van der Waals surface area contributed by atoms with Gasteiger partial charge >= 0.3 is 0 Å². The highest BCUT2D eigenvalue weighted by atomic mass is 15.1. The topological polar surface area (TPSA) is 29.3 Å². The Morgan fingerprint density at radius 1 is 1.17 bits per heavy atom. The summed E-state index contributed by atoms with van der Waals surface area (Å²) in [5, 5.41) is 0. The molecule has 2 heteroatoms. The van der Waals surface area contributed by atoms with Gasteiger partial charge in [-0.05, 0) is 36.8 Å². The van der Waals surface area contributed by atoms with Crippen LogP contribution < -0.4 is 5.73 Å². The van der Waals surface area contributed by atoms with E-state index in [2.05, 4.69) is 35.2 Å². The summed E-state index contributed by atoms with van der Waals surface area (Å²) < 4.78 is 0. The minimum Gasteiger partial charge on any atom is -0.327 e. The Balaban J connectivity index is 1.48. The van der Waals surface area contributed by atoms with Gasteiger partial charge in [-0.3, -0.25) is 4.90 Å². The largest absolute Gasteiger partial charge is 0.327 e. The fraction of sp³-hybridized carbons (Fsp3) is 0.625. The van der Waals surface area contributed by atoms with Gasteiger partial charge in [0.25, 0.3) is 0 Å². The highest BCUT2D eigenvalue weighted by Gasteiger charge is 2.31. The van der Waals surface area contributed by atoms with Crippen molar-refractivity contribution >= 4 is 0 Å². The standard InChI is InChI=1S/C16H24N2/c17-16(10-13-6-7-13)15-8-9-18(12-15)11-14-4-2-1-3-5-14/h1-5,13,15-16H,6-12,17H2. The summed E-state index contributed by atoms with van der Waals surface area (Å²) in [5.74, 6) is 1.69. The molecule has 1 saturated carbocycles. The van der Waals surface area contributed by atoms with Crippen LogP contribution in [0.5, 0.6) is 0 Å². The number of rotatable bonds is 5. The Kier molecular flexibility index (Phi) is 3.67. The average molecular weight is 244 g/mol. The molecule has 0 aromatic heterocycles. The van der Waals surface area contributed by atoms with E-state index in [1.807, 2.05) is 0 Å². The summed E-state index contributed by atoms with van der Waals surface area (Å²) in [7, 11) is 0. The molecule has 1 aromatic carbocycles. The number of hydrogen-bond donors (Lipinski definition) is 1. The van der Waals surface area contributed by atoms with Gasteiger partial charge in [-0.1, -0.05) is 43.2 Å². The molecule has 2 nitrogen and oxygen atoms in total. The molecule has 1 aliphatic carbocycles. The molecule has 0 radical (unpaired) electrons. The van der Waals surface area contributed by atoms with Crippen molar-refractivity contribution in [3.63, 3.8) is 0 Å². The second kappa shape index (κ2) is 5.41. The van der Waals surface area contributed by atoms with E-state index in [9.17, 15) is 0 Å². The third-order valence-electron chi connectivity index (χ3n) is 4.47. The normalized spacial score (nSPS) is 26.4. The molecule has 0 bridgehead atoms. The molecule has 0 spiro atoms. The Morgan fingerprint density at radius 2 is 1.94 bits per heavy atom. The van der Waals surface area contributed by atoms with Crippen LogP contribution in [-0.2, 0) is 6.54 Å². The summed E-state index contributed by atoms with van der Waals surface area (Å²) in [6.07, 6.45) is 5.41. The van der Waals surface area contributed by atoms with Crippen LogP contribution in [0.3, 0.4) is 0 Å². The highest BCUT2D eigenvalue weighted by molar-refractivity contribution is 5.14. The lowest BCUT2D eigenvalue weighted by molar-refractivity contribution is 0.300. The van der Waals surface area contributed by atoms with Crippen LogP contribution in [0.4, 0.5) is 0 Å². The maximum atomic E-state index is 6.35. The van der Waals surface area contributed by atoms with Crippen LogP contribution in [-0.4, -0.2) is 24.0 Å². The molecule has 1 aromatic rings. The van der Waals surface area contributed by atoms with E-state index in [-0.39, 0.29) is 0 Å². The zero-order valence-corrected chi connectivity index (χ0v) is 11.1. The van der Waals surface area contributed by atoms with Gasteiger partial charge in [-0.25, -0.2) is 0 Å². The molecule has 1 aliphatic heterocycles. The predicted molar refractivity (Wildman–Crippen MR) is 75.1 cm³/mol. The molecule has 1 heterocycles. The first-order valence-electron chi connectivity index (χ1n) is 7.33. The van der Waals surface area contributed by atoms with Crippen molar-refractivity contribution < 1.29 is 0 Å². The van der Waals surface area contributed by atoms with E-state index >= 15 is 0 Å². The number of nitrogens with two attached hydrogens (primary N) is 1. The molecule has 2 fully saturated rings. The van der Waals surface area contributed by atoms with E-state index in [1.54, 1.807) is 0 Å². The number of hydrogen-bond acceptors (Lipinski definition) is 2. The Morgan fingerprint density at radius 3 is 2.67 bits per heavy atom. The van der Waals surface area contributed by atoms with E-state index in [0.29, 0.717) is 6.04 Å². The average Bonchev–Trinajstić information content (AvgIpc) is 3.07. The van der Waals surface area contributed by atoms with Crippen molar-refractivity contribution in [2.24, 2.45) is 17.6 Å². The van der Waals surface area contributed by atoms with Crippen LogP contribution >= 0.6 is 0 Å². The second-order valence-corrected chi connectivity index (χ2v) is 6.11. The zero-order valence-electron chi connectivity index (χ0n) is 11.1. The molecular formula is C16H24N2. The third-order valence-corrected chi connectivity index (χ3v) is 4.47. The smallest absolute Gasteiger partial charge is 0.0233 e. The summed E-state index contributed by atoms with van der Waals surface area (Å²) >= 11 is 0. The predicted octanol–water partition coefficient (Wildman–Crippen LogP) is 2.64. The molecule has 98 valence electrons. The van der Waals surface area contributed by atoms with E-state index in [4.69, 9.17) is 5.73 Å². The lowest BCUT2D eigenvalue weighted by Crippen LogP contribution is -2.32. The van der Waals surface area contributed by atoms with Crippen LogP contribution in [0.25, 0.3) is 0 Å². The van der Waals surface area contributed by atoms with E-state index < -0.39 is 0 Å². The fourth-order valence-electron chi connectivity index (χ4n) is 3.13. The Hall–Kier alpha value is -0.860. The Bertz CT molecular complexity index is 372. The van der Waals surface area contributed by atoms with Crippen LogP contribution in [0.1, 0.15) is 31.2 Å².